The van der Waals surface area contributed by atoms with Crippen LogP contribution < -0.4 is 10.6 Å². The number of halogens is 1. The summed E-state index contributed by atoms with van der Waals surface area (Å²) < 4.78 is 18.5. The van der Waals surface area contributed by atoms with Crippen LogP contribution in [0.3, 0.4) is 0 Å². The molecule has 7 heteroatoms. The predicted molar refractivity (Wildman–Crippen MR) is 129 cm³/mol. The number of rotatable bonds is 9. The van der Waals surface area contributed by atoms with Gasteiger partial charge in [0.15, 0.2) is 5.76 Å². The molecule has 2 N–H and O–H groups in total. The second kappa shape index (κ2) is 10.8. The van der Waals surface area contributed by atoms with Crippen molar-refractivity contribution in [3.63, 3.8) is 0 Å². The number of amides is 2. The van der Waals surface area contributed by atoms with E-state index < -0.39 is 0 Å². The maximum atomic E-state index is 12.9. The van der Waals surface area contributed by atoms with Gasteiger partial charge in [-0.2, -0.15) is 0 Å². The fourth-order valence-electron chi connectivity index (χ4n) is 3.26. The van der Waals surface area contributed by atoms with Crippen LogP contribution in [0.15, 0.2) is 88.2 Å². The molecule has 1 aromatic heterocycles. The highest BCUT2D eigenvalue weighted by Gasteiger charge is 2.12. The highest BCUT2D eigenvalue weighted by atomic mass is 32.2. The summed E-state index contributed by atoms with van der Waals surface area (Å²) in [4.78, 5) is 25.6. The van der Waals surface area contributed by atoms with Crippen molar-refractivity contribution in [1.82, 2.24) is 5.32 Å². The first-order valence-corrected chi connectivity index (χ1v) is 11.6. The third kappa shape index (κ3) is 6.46. The zero-order valence-corrected chi connectivity index (χ0v) is 18.7. The largest absolute Gasteiger partial charge is 0.451 e. The Morgan fingerprint density at radius 2 is 1.70 bits per heavy atom. The van der Waals surface area contributed by atoms with Gasteiger partial charge in [-0.1, -0.05) is 30.3 Å². The summed E-state index contributed by atoms with van der Waals surface area (Å²) in [7, 11) is 0. The van der Waals surface area contributed by atoms with Crippen LogP contribution in [-0.4, -0.2) is 24.1 Å². The van der Waals surface area contributed by atoms with E-state index in [1.165, 1.54) is 12.1 Å². The summed E-state index contributed by atoms with van der Waals surface area (Å²) in [5.74, 6) is 0.465. The number of nitrogens with one attached hydrogen (secondary N) is 2. The molecular weight excluding hydrogens is 439 g/mol. The molecule has 2 amide bonds. The van der Waals surface area contributed by atoms with E-state index in [0.717, 1.165) is 28.0 Å². The van der Waals surface area contributed by atoms with Gasteiger partial charge in [0.1, 0.15) is 11.4 Å². The molecule has 4 aromatic rings. The first kappa shape index (κ1) is 22.6. The van der Waals surface area contributed by atoms with Crippen LogP contribution in [-0.2, 0) is 11.2 Å². The van der Waals surface area contributed by atoms with Gasteiger partial charge in [0.2, 0.25) is 5.91 Å². The molecule has 4 rings (SSSR count). The first-order valence-electron chi connectivity index (χ1n) is 10.6. The third-order valence-corrected chi connectivity index (χ3v) is 6.05. The topological polar surface area (TPSA) is 71.3 Å². The number of furan rings is 1. The highest BCUT2D eigenvalue weighted by molar-refractivity contribution is 7.99. The third-order valence-electron chi connectivity index (χ3n) is 4.95. The number of carbonyl (C=O) groups excluding carboxylic acids is 2. The van der Waals surface area contributed by atoms with E-state index in [2.05, 4.69) is 10.6 Å². The van der Waals surface area contributed by atoms with Crippen molar-refractivity contribution < 1.29 is 18.4 Å². The van der Waals surface area contributed by atoms with Crippen molar-refractivity contribution in [2.75, 3.05) is 17.6 Å². The number of carbonyl (C=O) groups is 2. The molecule has 0 saturated heterocycles. The summed E-state index contributed by atoms with van der Waals surface area (Å²) in [5, 5.41) is 6.59. The molecule has 0 bridgehead atoms. The lowest BCUT2D eigenvalue weighted by molar-refractivity contribution is -0.120. The van der Waals surface area contributed by atoms with Gasteiger partial charge in [0, 0.05) is 22.5 Å². The minimum Gasteiger partial charge on any atom is -0.451 e. The number of fused-ring (bicyclic) bond motifs is 1. The number of thioether (sulfide) groups is 1. The van der Waals surface area contributed by atoms with Crippen LogP contribution in [0.5, 0.6) is 0 Å². The Kier molecular flexibility index (Phi) is 7.42. The maximum Gasteiger partial charge on any atom is 0.291 e. The average molecular weight is 463 g/mol. The Labute approximate surface area is 195 Å². The van der Waals surface area contributed by atoms with Crippen LogP contribution in [0, 0.1) is 5.82 Å². The Morgan fingerprint density at radius 1 is 0.939 bits per heavy atom. The molecule has 0 spiro atoms. The molecular formula is C26H23FN2O3S. The molecule has 1 heterocycles. The minimum atomic E-state index is -0.324. The Balaban J connectivity index is 1.19. The van der Waals surface area contributed by atoms with Gasteiger partial charge in [-0.05, 0) is 66.3 Å². The zero-order valence-electron chi connectivity index (χ0n) is 17.8. The molecule has 168 valence electrons. The minimum absolute atomic E-state index is 0.0548. The van der Waals surface area contributed by atoms with Gasteiger partial charge in [0.25, 0.3) is 5.91 Å². The van der Waals surface area contributed by atoms with Crippen LogP contribution >= 0.6 is 11.8 Å². The second-order valence-electron chi connectivity index (χ2n) is 7.48. The Morgan fingerprint density at radius 3 is 2.45 bits per heavy atom. The highest BCUT2D eigenvalue weighted by Crippen LogP contribution is 2.20. The lowest BCUT2D eigenvalue weighted by Gasteiger charge is -2.07. The summed E-state index contributed by atoms with van der Waals surface area (Å²) in [6, 6.07) is 22.7. The van der Waals surface area contributed by atoms with E-state index >= 15 is 0 Å². The number of hydrogen-bond acceptors (Lipinski definition) is 4. The van der Waals surface area contributed by atoms with Gasteiger partial charge in [0.05, 0.1) is 6.42 Å². The normalized spacial score (nSPS) is 10.8. The number of benzene rings is 3. The molecule has 0 fully saturated rings. The van der Waals surface area contributed by atoms with E-state index in [1.54, 1.807) is 42.1 Å². The summed E-state index contributed by atoms with van der Waals surface area (Å²) in [5.41, 5.74) is 2.15. The molecule has 33 heavy (non-hydrogen) atoms. The standard InChI is InChI=1S/C26H23FN2O3S/c27-20-8-12-22(13-9-20)33-15-3-14-28-25(30)16-18-6-10-21(11-7-18)29-26(31)24-17-19-4-1-2-5-23(19)32-24/h1-2,4-13,17H,3,14-16H2,(H,28,30)(H,29,31). The van der Waals surface area contributed by atoms with Crippen molar-refractivity contribution in [3.8, 4) is 0 Å². The van der Waals surface area contributed by atoms with E-state index in [-0.39, 0.29) is 29.8 Å². The van der Waals surface area contributed by atoms with Crippen LogP contribution in [0.1, 0.15) is 22.5 Å². The quantitative estimate of drug-likeness (QED) is 0.249. The van der Waals surface area contributed by atoms with E-state index in [4.69, 9.17) is 4.42 Å². The molecule has 0 radical (unpaired) electrons. The van der Waals surface area contributed by atoms with Crippen molar-refractivity contribution in [3.05, 3.63) is 96.0 Å². The molecule has 0 atom stereocenters. The van der Waals surface area contributed by atoms with Gasteiger partial charge >= 0.3 is 0 Å². The van der Waals surface area contributed by atoms with Crippen LogP contribution in [0.4, 0.5) is 10.1 Å². The van der Waals surface area contributed by atoms with Gasteiger partial charge in [-0.3, -0.25) is 9.59 Å². The fraction of sp³-hybridized carbons (Fsp3) is 0.154. The van der Waals surface area contributed by atoms with Gasteiger partial charge in [-0.15, -0.1) is 11.8 Å². The number of hydrogen-bond donors (Lipinski definition) is 2. The van der Waals surface area contributed by atoms with E-state index in [0.29, 0.717) is 17.8 Å². The van der Waals surface area contributed by atoms with Crippen LogP contribution in [0.2, 0.25) is 0 Å². The lowest BCUT2D eigenvalue weighted by Crippen LogP contribution is -2.26. The summed E-state index contributed by atoms with van der Waals surface area (Å²) >= 11 is 1.63. The van der Waals surface area contributed by atoms with Crippen molar-refractivity contribution >= 4 is 40.2 Å². The van der Waals surface area contributed by atoms with Gasteiger partial charge < -0.3 is 15.1 Å². The lowest BCUT2D eigenvalue weighted by atomic mass is 10.1. The maximum absolute atomic E-state index is 12.9. The predicted octanol–water partition coefficient (Wildman–Crippen LogP) is 5.67. The number of para-hydroxylation sites is 1. The monoisotopic (exact) mass is 462 g/mol. The smallest absolute Gasteiger partial charge is 0.291 e. The summed E-state index contributed by atoms with van der Waals surface area (Å²) in [6.07, 6.45) is 1.09. The van der Waals surface area contributed by atoms with Crippen molar-refractivity contribution in [2.45, 2.75) is 17.7 Å². The van der Waals surface area contributed by atoms with Gasteiger partial charge in [-0.25, -0.2) is 4.39 Å². The molecule has 0 aliphatic rings. The molecule has 3 aromatic carbocycles. The molecule has 0 aliphatic carbocycles. The second-order valence-corrected chi connectivity index (χ2v) is 8.65. The summed E-state index contributed by atoms with van der Waals surface area (Å²) in [6.45, 7) is 0.582. The molecule has 0 unspecified atom stereocenters. The first-order chi connectivity index (χ1) is 16.1. The molecule has 0 saturated carbocycles. The number of anilines is 1. The zero-order chi connectivity index (χ0) is 23.0. The van der Waals surface area contributed by atoms with Crippen molar-refractivity contribution in [2.24, 2.45) is 0 Å². The van der Waals surface area contributed by atoms with Crippen molar-refractivity contribution in [1.29, 1.82) is 0 Å². The van der Waals surface area contributed by atoms with E-state index in [9.17, 15) is 14.0 Å². The molecule has 5 nitrogen and oxygen atoms in total. The Hall–Kier alpha value is -3.58. The van der Waals surface area contributed by atoms with E-state index in [1.807, 2.05) is 36.4 Å². The molecule has 0 aliphatic heterocycles. The fourth-order valence-corrected chi connectivity index (χ4v) is 4.11. The average Bonchev–Trinajstić information content (AvgIpc) is 3.26. The van der Waals surface area contributed by atoms with Crippen LogP contribution in [0.25, 0.3) is 11.0 Å². The Bertz CT molecular complexity index is 1200. The SMILES string of the molecule is O=C(Cc1ccc(NC(=O)c2cc3ccccc3o2)cc1)NCCCSc1ccc(F)cc1.